The average Bonchev–Trinajstić information content (AvgIpc) is 1.93. The first kappa shape index (κ1) is 8.88. The van der Waals surface area contributed by atoms with E-state index in [9.17, 15) is 0 Å². The second kappa shape index (κ2) is 7.88. The number of aliphatic hydroxyl groups is 1. The second-order valence-corrected chi connectivity index (χ2v) is 1.67. The molecule has 1 heterocycles. The zero-order valence-corrected chi connectivity index (χ0v) is 5.80. The van der Waals surface area contributed by atoms with E-state index in [0.717, 1.165) is 26.1 Å². The summed E-state index contributed by atoms with van der Waals surface area (Å²) in [5.41, 5.74) is 0. The third-order valence-corrected chi connectivity index (χ3v) is 0.789. The molecule has 0 aromatic heterocycles. The SMILES string of the molecule is C1CCOOC1.CCO. The Morgan fingerprint density at radius 3 is 1.67 bits per heavy atom. The largest absolute Gasteiger partial charge is 0.397 e. The first-order chi connectivity index (χ1) is 4.41. The Balaban J connectivity index is 0.000000187. The zero-order chi connectivity index (χ0) is 6.95. The van der Waals surface area contributed by atoms with Gasteiger partial charge in [0.25, 0.3) is 0 Å². The molecule has 9 heavy (non-hydrogen) atoms. The Morgan fingerprint density at radius 2 is 1.56 bits per heavy atom. The van der Waals surface area contributed by atoms with Crippen molar-refractivity contribution in [2.45, 2.75) is 19.8 Å². The van der Waals surface area contributed by atoms with Gasteiger partial charge in [0.15, 0.2) is 0 Å². The summed E-state index contributed by atoms with van der Waals surface area (Å²) in [5.74, 6) is 0. The van der Waals surface area contributed by atoms with Gasteiger partial charge in [0.2, 0.25) is 0 Å². The van der Waals surface area contributed by atoms with Crippen molar-refractivity contribution in [2.24, 2.45) is 0 Å². The van der Waals surface area contributed by atoms with Crippen LogP contribution in [0.25, 0.3) is 0 Å². The van der Waals surface area contributed by atoms with Crippen molar-refractivity contribution >= 4 is 0 Å². The van der Waals surface area contributed by atoms with Crippen molar-refractivity contribution in [1.29, 1.82) is 0 Å². The molecule has 0 saturated carbocycles. The minimum Gasteiger partial charge on any atom is -0.397 e. The third-order valence-electron chi connectivity index (χ3n) is 0.789. The highest BCUT2D eigenvalue weighted by atomic mass is 17.2. The molecule has 3 nitrogen and oxygen atoms in total. The fourth-order valence-electron chi connectivity index (χ4n) is 0.440. The second-order valence-electron chi connectivity index (χ2n) is 1.67. The summed E-state index contributed by atoms with van der Waals surface area (Å²) in [6.45, 7) is 3.49. The topological polar surface area (TPSA) is 38.7 Å². The summed E-state index contributed by atoms with van der Waals surface area (Å²) in [5, 5.41) is 7.57. The summed E-state index contributed by atoms with van der Waals surface area (Å²) in [6.07, 6.45) is 2.31. The minimum absolute atomic E-state index is 0.250. The van der Waals surface area contributed by atoms with Crippen LogP contribution >= 0.6 is 0 Å². The van der Waals surface area contributed by atoms with E-state index < -0.39 is 0 Å². The fraction of sp³-hybridized carbons (Fsp3) is 1.00. The zero-order valence-electron chi connectivity index (χ0n) is 5.80. The van der Waals surface area contributed by atoms with Crippen LogP contribution in [0.5, 0.6) is 0 Å². The first-order valence-electron chi connectivity index (χ1n) is 3.27. The summed E-state index contributed by atoms with van der Waals surface area (Å²) in [4.78, 5) is 9.14. The van der Waals surface area contributed by atoms with E-state index in [4.69, 9.17) is 5.11 Å². The van der Waals surface area contributed by atoms with E-state index in [1.165, 1.54) is 0 Å². The van der Waals surface area contributed by atoms with Crippen molar-refractivity contribution in [3.05, 3.63) is 0 Å². The van der Waals surface area contributed by atoms with E-state index in [0.29, 0.717) is 0 Å². The van der Waals surface area contributed by atoms with Crippen molar-refractivity contribution in [3.63, 3.8) is 0 Å². The highest BCUT2D eigenvalue weighted by Crippen LogP contribution is 1.97. The Labute approximate surface area is 55.5 Å². The summed E-state index contributed by atoms with van der Waals surface area (Å²) in [7, 11) is 0. The van der Waals surface area contributed by atoms with Crippen LogP contribution in [0, 0.1) is 0 Å². The van der Waals surface area contributed by atoms with Crippen molar-refractivity contribution < 1.29 is 14.9 Å². The van der Waals surface area contributed by atoms with Gasteiger partial charge in [-0.2, -0.15) is 0 Å². The van der Waals surface area contributed by atoms with Gasteiger partial charge in [-0.15, -0.1) is 0 Å². The number of rotatable bonds is 0. The van der Waals surface area contributed by atoms with Crippen LogP contribution in [0.4, 0.5) is 0 Å². The highest BCUT2D eigenvalue weighted by Gasteiger charge is 1.95. The van der Waals surface area contributed by atoms with Gasteiger partial charge in [-0.25, -0.2) is 9.78 Å². The standard InChI is InChI=1S/C4H8O2.C2H6O/c1-2-4-6-5-3-1;1-2-3/h1-4H2;3H,2H2,1H3. The maximum absolute atomic E-state index is 7.57. The Bertz CT molecular complexity index is 32.1. The molecular weight excluding hydrogens is 120 g/mol. The smallest absolute Gasteiger partial charge is 0.0823 e. The van der Waals surface area contributed by atoms with E-state index in [1.807, 2.05) is 0 Å². The molecule has 0 radical (unpaired) electrons. The summed E-state index contributed by atoms with van der Waals surface area (Å²) in [6, 6.07) is 0. The van der Waals surface area contributed by atoms with Crippen molar-refractivity contribution in [2.75, 3.05) is 19.8 Å². The molecule has 1 fully saturated rings. The van der Waals surface area contributed by atoms with Gasteiger partial charge in [0, 0.05) is 6.61 Å². The lowest BCUT2D eigenvalue weighted by molar-refractivity contribution is -0.312. The molecule has 0 spiro atoms. The molecule has 1 aliphatic heterocycles. The van der Waals surface area contributed by atoms with Gasteiger partial charge in [0.1, 0.15) is 0 Å². The van der Waals surface area contributed by atoms with Crippen LogP contribution in [0.2, 0.25) is 0 Å². The van der Waals surface area contributed by atoms with E-state index in [-0.39, 0.29) is 6.61 Å². The van der Waals surface area contributed by atoms with E-state index in [2.05, 4.69) is 9.78 Å². The maximum atomic E-state index is 7.57. The molecule has 0 bridgehead atoms. The lowest BCUT2D eigenvalue weighted by Crippen LogP contribution is -2.05. The van der Waals surface area contributed by atoms with Gasteiger partial charge < -0.3 is 5.11 Å². The highest BCUT2D eigenvalue weighted by molar-refractivity contribution is 4.36. The summed E-state index contributed by atoms with van der Waals surface area (Å²) >= 11 is 0. The molecule has 0 unspecified atom stereocenters. The Morgan fingerprint density at radius 1 is 1.22 bits per heavy atom. The van der Waals surface area contributed by atoms with Crippen LogP contribution in [0.1, 0.15) is 19.8 Å². The van der Waals surface area contributed by atoms with Gasteiger partial charge in [-0.05, 0) is 19.8 Å². The minimum atomic E-state index is 0.250. The van der Waals surface area contributed by atoms with Crippen LogP contribution in [0.15, 0.2) is 0 Å². The van der Waals surface area contributed by atoms with E-state index >= 15 is 0 Å². The number of aliphatic hydroxyl groups excluding tert-OH is 1. The van der Waals surface area contributed by atoms with Gasteiger partial charge >= 0.3 is 0 Å². The third kappa shape index (κ3) is 7.88. The average molecular weight is 134 g/mol. The molecule has 0 aliphatic carbocycles. The monoisotopic (exact) mass is 134 g/mol. The van der Waals surface area contributed by atoms with Gasteiger partial charge in [-0.1, -0.05) is 0 Å². The number of hydrogen-bond acceptors (Lipinski definition) is 3. The molecule has 1 N–H and O–H groups in total. The predicted molar refractivity (Wildman–Crippen MR) is 33.9 cm³/mol. The Kier molecular flexibility index (Phi) is 7.77. The molecule has 3 heteroatoms. The lowest BCUT2D eigenvalue weighted by atomic mass is 10.3. The van der Waals surface area contributed by atoms with Crippen LogP contribution in [-0.2, 0) is 9.78 Å². The first-order valence-corrected chi connectivity index (χ1v) is 3.27. The van der Waals surface area contributed by atoms with Crippen molar-refractivity contribution in [1.82, 2.24) is 0 Å². The molecule has 1 saturated heterocycles. The molecule has 1 rings (SSSR count). The summed E-state index contributed by atoms with van der Waals surface area (Å²) < 4.78 is 0. The fourth-order valence-corrected chi connectivity index (χ4v) is 0.440. The molecule has 56 valence electrons. The Hall–Kier alpha value is -0.120. The van der Waals surface area contributed by atoms with Gasteiger partial charge in [-0.3, -0.25) is 0 Å². The molecule has 0 aromatic carbocycles. The predicted octanol–water partition coefficient (Wildman–Crippen LogP) is 0.727. The molecule has 0 atom stereocenters. The molecule has 0 aromatic rings. The van der Waals surface area contributed by atoms with Gasteiger partial charge in [0.05, 0.1) is 13.2 Å². The van der Waals surface area contributed by atoms with Crippen molar-refractivity contribution in [3.8, 4) is 0 Å². The van der Waals surface area contributed by atoms with Crippen LogP contribution in [-0.4, -0.2) is 24.9 Å². The quantitative estimate of drug-likeness (QED) is 0.496. The lowest BCUT2D eigenvalue weighted by Gasteiger charge is -2.07. The van der Waals surface area contributed by atoms with Crippen LogP contribution in [0.3, 0.4) is 0 Å². The molecular formula is C6H14O3. The molecule has 1 aliphatic rings. The van der Waals surface area contributed by atoms with E-state index in [1.54, 1.807) is 6.92 Å². The van der Waals surface area contributed by atoms with Crippen LogP contribution < -0.4 is 0 Å². The number of hydrogen-bond donors (Lipinski definition) is 1. The molecule has 0 amide bonds. The normalized spacial score (nSPS) is 18.0. The maximum Gasteiger partial charge on any atom is 0.0823 e.